The third-order valence-electron chi connectivity index (χ3n) is 3.61. The van der Waals surface area contributed by atoms with Gasteiger partial charge in [0, 0.05) is 26.1 Å². The van der Waals surface area contributed by atoms with Crippen molar-refractivity contribution < 1.29 is 45.5 Å². The summed E-state index contributed by atoms with van der Waals surface area (Å²) in [4.78, 5) is 0. The first-order valence-electron chi connectivity index (χ1n) is 9.57. The van der Waals surface area contributed by atoms with E-state index in [-0.39, 0.29) is 17.1 Å². The second-order valence-corrected chi connectivity index (χ2v) is 5.90. The number of rotatable bonds is 16. The summed E-state index contributed by atoms with van der Waals surface area (Å²) in [5.74, 6) is 2.42. The maximum absolute atomic E-state index is 5.39. The monoisotopic (exact) mass is 450 g/mol. The molecule has 0 aromatic rings. The van der Waals surface area contributed by atoms with Crippen molar-refractivity contribution in [3.63, 3.8) is 0 Å². The minimum Gasteiger partial charge on any atom is -0.382 e. The standard InChI is InChI=1S/2C11H17O3.Fe/c2*1-12-6-7-13-8-9-14-10-11-4-2-3-5-11;/h2*2-5H,6-10H2,1H3;/q;;+2. The quantitative estimate of drug-likeness (QED) is 0.265. The fraction of sp³-hybridized carbons (Fsp3) is 0.545. The molecule has 0 amide bonds. The predicted molar refractivity (Wildman–Crippen MR) is 108 cm³/mol. The Kier molecular flexibility index (Phi) is 23.2. The van der Waals surface area contributed by atoms with Gasteiger partial charge < -0.3 is 28.4 Å². The first-order chi connectivity index (χ1) is 13.9. The van der Waals surface area contributed by atoms with E-state index in [1.165, 1.54) is 11.8 Å². The average Bonchev–Trinajstić information content (AvgIpc) is 3.41. The molecule has 0 N–H and O–H groups in total. The summed E-state index contributed by atoms with van der Waals surface area (Å²) < 4.78 is 31.0. The molecule has 10 radical (unpaired) electrons. The van der Waals surface area contributed by atoms with Gasteiger partial charge in [-0.3, -0.25) is 0 Å². The molecular weight excluding hydrogens is 416 g/mol. The van der Waals surface area contributed by atoms with Crippen LogP contribution in [-0.2, 0) is 45.5 Å². The molecule has 2 rings (SSSR count). The van der Waals surface area contributed by atoms with Crippen LogP contribution in [0.5, 0.6) is 0 Å². The molecule has 7 heteroatoms. The Bertz CT molecular complexity index is 280. The molecule has 0 unspecified atom stereocenters. The SMILES string of the molecule is COCCOCCOC[C]1[CH][CH][CH][CH]1.COCCOCCOC[C]1[CH][CH][CH][CH]1.[Fe+2]. The van der Waals surface area contributed by atoms with E-state index < -0.39 is 0 Å². The first kappa shape index (κ1) is 29.3. The Balaban J connectivity index is 0.000000523. The van der Waals surface area contributed by atoms with Crippen LogP contribution in [0.1, 0.15) is 0 Å². The molecule has 0 heterocycles. The molecule has 2 aliphatic carbocycles. The summed E-state index contributed by atoms with van der Waals surface area (Å²) in [7, 11) is 3.32. The molecule has 0 atom stereocenters. The predicted octanol–water partition coefficient (Wildman–Crippen LogP) is 2.14. The summed E-state index contributed by atoms with van der Waals surface area (Å²) in [5.41, 5.74) is 0. The van der Waals surface area contributed by atoms with Crippen molar-refractivity contribution in [3.8, 4) is 0 Å². The van der Waals surface area contributed by atoms with E-state index in [2.05, 4.69) is 0 Å². The molecule has 2 fully saturated rings. The van der Waals surface area contributed by atoms with E-state index in [0.717, 1.165) is 0 Å². The Morgan fingerprint density at radius 1 is 0.483 bits per heavy atom. The van der Waals surface area contributed by atoms with Crippen molar-refractivity contribution in [3.05, 3.63) is 63.2 Å². The molecule has 0 bridgehead atoms. The van der Waals surface area contributed by atoms with E-state index in [0.29, 0.717) is 66.1 Å². The van der Waals surface area contributed by atoms with Crippen molar-refractivity contribution >= 4 is 0 Å². The number of methoxy groups -OCH3 is 2. The zero-order chi connectivity index (χ0) is 20.1. The van der Waals surface area contributed by atoms with Crippen LogP contribution in [0.4, 0.5) is 0 Å². The second kappa shape index (κ2) is 23.0. The number of hydrogen-bond donors (Lipinski definition) is 0. The van der Waals surface area contributed by atoms with Crippen LogP contribution in [0.15, 0.2) is 0 Å². The van der Waals surface area contributed by atoms with Crippen molar-refractivity contribution in [2.45, 2.75) is 0 Å². The molecule has 0 aliphatic heterocycles. The molecule has 164 valence electrons. The molecule has 0 saturated heterocycles. The topological polar surface area (TPSA) is 55.4 Å². The van der Waals surface area contributed by atoms with Gasteiger partial charge in [0.25, 0.3) is 0 Å². The van der Waals surface area contributed by atoms with Crippen LogP contribution >= 0.6 is 0 Å². The summed E-state index contributed by atoms with van der Waals surface area (Å²) >= 11 is 0. The van der Waals surface area contributed by atoms with Gasteiger partial charge in [-0.2, -0.15) is 0 Å². The molecule has 0 spiro atoms. The molecule has 29 heavy (non-hydrogen) atoms. The summed E-state index contributed by atoms with van der Waals surface area (Å²) in [6, 6.07) is 0. The summed E-state index contributed by atoms with van der Waals surface area (Å²) in [6.45, 7) is 6.41. The van der Waals surface area contributed by atoms with Gasteiger partial charge in [-0.15, -0.1) is 0 Å². The van der Waals surface area contributed by atoms with Crippen LogP contribution in [0, 0.1) is 63.2 Å². The largest absolute Gasteiger partial charge is 2.00 e. The average molecular weight is 450 g/mol. The van der Waals surface area contributed by atoms with Crippen molar-refractivity contribution in [2.75, 3.05) is 80.3 Å². The summed E-state index contributed by atoms with van der Waals surface area (Å²) in [6.07, 6.45) is 16.2. The maximum atomic E-state index is 5.39. The minimum absolute atomic E-state index is 0. The normalized spacial score (nSPS) is 17.2. The van der Waals surface area contributed by atoms with E-state index in [1.807, 2.05) is 51.4 Å². The summed E-state index contributed by atoms with van der Waals surface area (Å²) in [5, 5.41) is 0. The van der Waals surface area contributed by atoms with Crippen molar-refractivity contribution in [1.29, 1.82) is 0 Å². The fourth-order valence-corrected chi connectivity index (χ4v) is 2.12. The number of hydrogen-bond acceptors (Lipinski definition) is 6. The Hall–Kier alpha value is 0.279. The van der Waals surface area contributed by atoms with Gasteiger partial charge in [0.15, 0.2) is 0 Å². The van der Waals surface area contributed by atoms with Crippen LogP contribution < -0.4 is 0 Å². The third kappa shape index (κ3) is 18.7. The number of ether oxygens (including phenoxy) is 6. The Morgan fingerprint density at radius 2 is 0.793 bits per heavy atom. The van der Waals surface area contributed by atoms with Gasteiger partial charge in [-0.05, 0) is 51.4 Å². The third-order valence-corrected chi connectivity index (χ3v) is 3.61. The van der Waals surface area contributed by atoms with E-state index >= 15 is 0 Å². The Labute approximate surface area is 189 Å². The van der Waals surface area contributed by atoms with Gasteiger partial charge >= 0.3 is 17.1 Å². The second-order valence-electron chi connectivity index (χ2n) is 5.90. The van der Waals surface area contributed by atoms with Crippen LogP contribution in [0.3, 0.4) is 0 Å². The first-order valence-corrected chi connectivity index (χ1v) is 9.57. The fourth-order valence-electron chi connectivity index (χ4n) is 2.12. The zero-order valence-electron chi connectivity index (χ0n) is 17.5. The van der Waals surface area contributed by atoms with Gasteiger partial charge in [0.1, 0.15) is 0 Å². The van der Waals surface area contributed by atoms with Gasteiger partial charge in [0.2, 0.25) is 0 Å². The van der Waals surface area contributed by atoms with E-state index in [1.54, 1.807) is 14.2 Å². The van der Waals surface area contributed by atoms with Crippen molar-refractivity contribution in [2.24, 2.45) is 0 Å². The maximum Gasteiger partial charge on any atom is 2.00 e. The van der Waals surface area contributed by atoms with Crippen LogP contribution in [-0.4, -0.2) is 80.3 Å². The van der Waals surface area contributed by atoms with Crippen molar-refractivity contribution in [1.82, 2.24) is 0 Å². The van der Waals surface area contributed by atoms with E-state index in [9.17, 15) is 0 Å². The molecular formula is C22H34FeO6+2. The molecule has 6 nitrogen and oxygen atoms in total. The Morgan fingerprint density at radius 3 is 1.14 bits per heavy atom. The van der Waals surface area contributed by atoms with Gasteiger partial charge in [-0.1, -0.05) is 0 Å². The van der Waals surface area contributed by atoms with Gasteiger partial charge in [0.05, 0.1) is 66.1 Å². The van der Waals surface area contributed by atoms with Crippen LogP contribution in [0.2, 0.25) is 0 Å². The van der Waals surface area contributed by atoms with Crippen LogP contribution in [0.25, 0.3) is 0 Å². The molecule has 0 aromatic heterocycles. The zero-order valence-corrected chi connectivity index (χ0v) is 18.6. The molecule has 2 aliphatic rings. The van der Waals surface area contributed by atoms with E-state index in [4.69, 9.17) is 28.4 Å². The molecule has 2 saturated carbocycles. The van der Waals surface area contributed by atoms with Gasteiger partial charge in [-0.25, -0.2) is 0 Å². The minimum atomic E-state index is 0. The molecule has 0 aromatic carbocycles. The smallest absolute Gasteiger partial charge is 0.382 e.